The highest BCUT2D eigenvalue weighted by Crippen LogP contribution is 2.00. The van der Waals surface area contributed by atoms with Crippen molar-refractivity contribution in [1.82, 2.24) is 9.44 Å². The van der Waals surface area contributed by atoms with Gasteiger partial charge >= 0.3 is 22.3 Å². The van der Waals surface area contributed by atoms with Gasteiger partial charge in [-0.1, -0.05) is 43.7 Å². The van der Waals surface area contributed by atoms with E-state index in [0.29, 0.717) is 6.42 Å². The zero-order chi connectivity index (χ0) is 17.1. The summed E-state index contributed by atoms with van der Waals surface area (Å²) in [4.78, 5) is 22.7. The van der Waals surface area contributed by atoms with Gasteiger partial charge < -0.3 is 9.47 Å². The second-order valence-corrected chi connectivity index (χ2v) is 6.06. The van der Waals surface area contributed by atoms with Gasteiger partial charge in [-0.3, -0.25) is 4.79 Å². The summed E-state index contributed by atoms with van der Waals surface area (Å²) < 4.78 is 36.1. The van der Waals surface area contributed by atoms with Crippen molar-refractivity contribution in [3.8, 4) is 0 Å². The standard InChI is InChI=1S/C14H20N2O6S/c1-2-3-9-21-14(18)16-23(19,20)15-10-13(17)22-11-12-7-5-4-6-8-12/h4-8,15H,2-3,9-11H2,1H3,(H,16,18). The first-order valence-electron chi connectivity index (χ1n) is 7.06. The lowest BCUT2D eigenvalue weighted by Crippen LogP contribution is -2.42. The highest BCUT2D eigenvalue weighted by atomic mass is 32.2. The molecule has 0 saturated carbocycles. The number of carbonyl (C=O) groups is 2. The van der Waals surface area contributed by atoms with Crippen molar-refractivity contribution in [2.75, 3.05) is 13.2 Å². The molecule has 2 N–H and O–H groups in total. The smallest absolute Gasteiger partial charge is 0.421 e. The molecule has 0 radical (unpaired) electrons. The summed E-state index contributed by atoms with van der Waals surface area (Å²) in [6.07, 6.45) is 0.349. The summed E-state index contributed by atoms with van der Waals surface area (Å²) >= 11 is 0. The van der Waals surface area contributed by atoms with E-state index >= 15 is 0 Å². The molecule has 0 heterocycles. The second kappa shape index (κ2) is 9.80. The van der Waals surface area contributed by atoms with Crippen LogP contribution < -0.4 is 9.44 Å². The number of benzene rings is 1. The molecule has 0 aliphatic rings. The Morgan fingerprint density at radius 3 is 2.48 bits per heavy atom. The third-order valence-electron chi connectivity index (χ3n) is 2.60. The quantitative estimate of drug-likeness (QED) is 0.512. The number of carbonyl (C=O) groups excluding carboxylic acids is 2. The number of nitrogens with one attached hydrogen (secondary N) is 2. The Morgan fingerprint density at radius 1 is 1.13 bits per heavy atom. The molecular weight excluding hydrogens is 324 g/mol. The molecule has 0 unspecified atom stereocenters. The lowest BCUT2D eigenvalue weighted by molar-refractivity contribution is -0.143. The summed E-state index contributed by atoms with van der Waals surface area (Å²) in [6.45, 7) is 1.47. The predicted molar refractivity (Wildman–Crippen MR) is 82.6 cm³/mol. The highest BCUT2D eigenvalue weighted by Gasteiger charge is 2.16. The second-order valence-electron chi connectivity index (χ2n) is 4.56. The lowest BCUT2D eigenvalue weighted by Gasteiger charge is -2.09. The average molecular weight is 344 g/mol. The van der Waals surface area contributed by atoms with Crippen LogP contribution in [0.25, 0.3) is 0 Å². The zero-order valence-corrected chi connectivity index (χ0v) is 13.6. The van der Waals surface area contributed by atoms with Gasteiger partial charge in [0.1, 0.15) is 13.2 Å². The average Bonchev–Trinajstić information content (AvgIpc) is 2.52. The maximum Gasteiger partial charge on any atom is 0.421 e. The van der Waals surface area contributed by atoms with Crippen LogP contribution in [0.5, 0.6) is 0 Å². The van der Waals surface area contributed by atoms with Crippen LogP contribution in [0.3, 0.4) is 0 Å². The third kappa shape index (κ3) is 8.79. The number of esters is 1. The molecule has 0 atom stereocenters. The summed E-state index contributed by atoms with van der Waals surface area (Å²) in [5, 5.41) is 0. The van der Waals surface area contributed by atoms with Gasteiger partial charge in [0.05, 0.1) is 6.61 Å². The fraction of sp³-hybridized carbons (Fsp3) is 0.429. The summed E-state index contributed by atoms with van der Waals surface area (Å²) in [7, 11) is -4.17. The van der Waals surface area contributed by atoms with Crippen molar-refractivity contribution in [1.29, 1.82) is 0 Å². The van der Waals surface area contributed by atoms with Crippen LogP contribution in [0.1, 0.15) is 25.3 Å². The minimum absolute atomic E-state index is 0.0356. The normalized spacial score (nSPS) is 10.8. The minimum atomic E-state index is -4.17. The Morgan fingerprint density at radius 2 is 1.83 bits per heavy atom. The molecule has 1 amide bonds. The Kier molecular flexibility index (Phi) is 8.06. The van der Waals surface area contributed by atoms with E-state index in [0.717, 1.165) is 12.0 Å². The fourth-order valence-electron chi connectivity index (χ4n) is 1.43. The highest BCUT2D eigenvalue weighted by molar-refractivity contribution is 7.88. The Bertz CT molecular complexity index is 603. The molecule has 0 fully saturated rings. The number of ether oxygens (including phenoxy) is 2. The van der Waals surface area contributed by atoms with Crippen molar-refractivity contribution in [2.24, 2.45) is 0 Å². The minimum Gasteiger partial charge on any atom is -0.460 e. The number of rotatable bonds is 9. The number of amides is 1. The lowest BCUT2D eigenvalue weighted by atomic mass is 10.2. The summed E-state index contributed by atoms with van der Waals surface area (Å²) in [5.41, 5.74) is 0.779. The maximum atomic E-state index is 11.5. The van der Waals surface area contributed by atoms with Crippen LogP contribution >= 0.6 is 0 Å². The van der Waals surface area contributed by atoms with E-state index in [9.17, 15) is 18.0 Å². The zero-order valence-electron chi connectivity index (χ0n) is 12.8. The first-order valence-corrected chi connectivity index (χ1v) is 8.55. The monoisotopic (exact) mass is 344 g/mol. The molecule has 128 valence electrons. The van der Waals surface area contributed by atoms with Gasteiger partial charge in [-0.2, -0.15) is 13.1 Å². The molecule has 23 heavy (non-hydrogen) atoms. The molecule has 9 heteroatoms. The largest absolute Gasteiger partial charge is 0.460 e. The van der Waals surface area contributed by atoms with E-state index in [2.05, 4.69) is 4.74 Å². The predicted octanol–water partition coefficient (Wildman–Crippen LogP) is 1.09. The van der Waals surface area contributed by atoms with Crippen molar-refractivity contribution < 1.29 is 27.5 Å². The van der Waals surface area contributed by atoms with Crippen LogP contribution in [-0.2, 0) is 31.1 Å². The Labute approximate surface area is 135 Å². The van der Waals surface area contributed by atoms with Crippen molar-refractivity contribution in [3.05, 3.63) is 35.9 Å². The van der Waals surface area contributed by atoms with Gasteiger partial charge in [0.15, 0.2) is 0 Å². The van der Waals surface area contributed by atoms with E-state index in [4.69, 9.17) is 4.74 Å². The maximum absolute atomic E-state index is 11.5. The van der Waals surface area contributed by atoms with E-state index in [1.807, 2.05) is 17.7 Å². The molecule has 1 rings (SSSR count). The SMILES string of the molecule is CCCCOC(=O)NS(=O)(=O)NCC(=O)OCc1ccccc1. The molecule has 0 aliphatic carbocycles. The van der Waals surface area contributed by atoms with Crippen molar-refractivity contribution in [2.45, 2.75) is 26.4 Å². The molecule has 0 aromatic heterocycles. The van der Waals surface area contributed by atoms with Crippen LogP contribution in [0.4, 0.5) is 4.79 Å². The van der Waals surface area contributed by atoms with Crippen LogP contribution in [-0.4, -0.2) is 33.6 Å². The summed E-state index contributed by atoms with van der Waals surface area (Å²) in [5.74, 6) is -0.765. The number of hydrogen-bond acceptors (Lipinski definition) is 6. The first-order chi connectivity index (χ1) is 10.9. The number of unbranched alkanes of at least 4 members (excludes halogenated alkanes) is 1. The number of hydrogen-bond donors (Lipinski definition) is 2. The van der Waals surface area contributed by atoms with Gasteiger partial charge in [-0.15, -0.1) is 0 Å². The molecule has 8 nitrogen and oxygen atoms in total. The topological polar surface area (TPSA) is 111 Å². The third-order valence-corrected chi connectivity index (χ3v) is 3.56. The van der Waals surface area contributed by atoms with Crippen LogP contribution in [0, 0.1) is 0 Å². The molecule has 0 saturated heterocycles. The van der Waals surface area contributed by atoms with Gasteiger partial charge in [0.2, 0.25) is 0 Å². The van der Waals surface area contributed by atoms with Gasteiger partial charge in [-0.25, -0.2) is 9.52 Å². The van der Waals surface area contributed by atoms with E-state index in [1.165, 1.54) is 0 Å². The molecule has 0 bridgehead atoms. The molecule has 1 aromatic rings. The van der Waals surface area contributed by atoms with Crippen molar-refractivity contribution >= 4 is 22.3 Å². The Hall–Kier alpha value is -2.13. The molecule has 0 spiro atoms. The van der Waals surface area contributed by atoms with E-state index in [-0.39, 0.29) is 13.2 Å². The summed E-state index contributed by atoms with van der Waals surface area (Å²) in [6, 6.07) is 8.95. The molecular formula is C14H20N2O6S. The van der Waals surface area contributed by atoms with Gasteiger partial charge in [0.25, 0.3) is 0 Å². The van der Waals surface area contributed by atoms with E-state index < -0.39 is 28.8 Å². The van der Waals surface area contributed by atoms with Gasteiger partial charge in [-0.05, 0) is 12.0 Å². The molecule has 1 aromatic carbocycles. The Balaban J connectivity index is 2.29. The van der Waals surface area contributed by atoms with Crippen molar-refractivity contribution in [3.63, 3.8) is 0 Å². The van der Waals surface area contributed by atoms with Crippen LogP contribution in [0.15, 0.2) is 30.3 Å². The van der Waals surface area contributed by atoms with E-state index in [1.54, 1.807) is 29.0 Å². The van der Waals surface area contributed by atoms with Crippen LogP contribution in [0.2, 0.25) is 0 Å². The first kappa shape index (κ1) is 18.9. The van der Waals surface area contributed by atoms with Gasteiger partial charge in [0, 0.05) is 0 Å². The molecule has 0 aliphatic heterocycles. The fourth-order valence-corrected chi connectivity index (χ4v) is 2.09.